The lowest BCUT2D eigenvalue weighted by Crippen LogP contribution is -2.35. The smallest absolute Gasteiger partial charge is 0.408 e. The van der Waals surface area contributed by atoms with Crippen molar-refractivity contribution >= 4 is 34.3 Å². The van der Waals surface area contributed by atoms with Crippen molar-refractivity contribution in [1.82, 2.24) is 10.3 Å². The Hall–Kier alpha value is -4.78. The van der Waals surface area contributed by atoms with Gasteiger partial charge in [-0.25, -0.2) is 18.6 Å². The number of hydrogen-bond donors (Lipinski definition) is 3. The van der Waals surface area contributed by atoms with Crippen molar-refractivity contribution in [2.24, 2.45) is 4.99 Å². The molecule has 1 amide bonds. The van der Waals surface area contributed by atoms with Crippen molar-refractivity contribution in [3.63, 3.8) is 0 Å². The fourth-order valence-electron chi connectivity index (χ4n) is 2.89. The topological polar surface area (TPSA) is 123 Å². The quantitative estimate of drug-likeness (QED) is 0.335. The fourth-order valence-corrected chi connectivity index (χ4v) is 2.89. The summed E-state index contributed by atoms with van der Waals surface area (Å²) in [5, 5.41) is 14.2. The zero-order valence-corrected chi connectivity index (χ0v) is 16.1. The summed E-state index contributed by atoms with van der Waals surface area (Å²) in [6.07, 6.45) is 0. The van der Waals surface area contributed by atoms with E-state index < -0.39 is 23.3 Å². The molecule has 0 bridgehead atoms. The second-order valence-electron chi connectivity index (χ2n) is 6.59. The number of anilines is 1. The van der Waals surface area contributed by atoms with Gasteiger partial charge in [-0.2, -0.15) is 5.26 Å². The van der Waals surface area contributed by atoms with E-state index in [9.17, 15) is 18.4 Å². The lowest BCUT2D eigenvalue weighted by molar-refractivity contribution is 0.0977. The van der Waals surface area contributed by atoms with E-state index >= 15 is 0 Å². The van der Waals surface area contributed by atoms with E-state index in [1.807, 2.05) is 6.07 Å². The molecule has 32 heavy (non-hydrogen) atoms. The number of rotatable bonds is 3. The molecule has 0 radical (unpaired) electrons. The molecule has 1 heterocycles. The molecule has 10 heteroatoms. The van der Waals surface area contributed by atoms with Crippen molar-refractivity contribution in [3.05, 3.63) is 94.0 Å². The second-order valence-corrected chi connectivity index (χ2v) is 6.59. The Morgan fingerprint density at radius 3 is 2.59 bits per heavy atom. The zero-order chi connectivity index (χ0) is 22.7. The number of benzene rings is 3. The zero-order valence-electron chi connectivity index (χ0n) is 16.1. The first kappa shape index (κ1) is 20.5. The first-order valence-electron chi connectivity index (χ1n) is 9.16. The number of aromatic nitrogens is 1. The van der Waals surface area contributed by atoms with Gasteiger partial charge in [0.25, 0.3) is 5.91 Å². The molecule has 0 atom stereocenters. The van der Waals surface area contributed by atoms with E-state index in [0.717, 1.165) is 12.1 Å². The molecule has 0 fully saturated rings. The van der Waals surface area contributed by atoms with Crippen LogP contribution in [0.2, 0.25) is 0 Å². The molecule has 158 valence electrons. The highest BCUT2D eigenvalue weighted by molar-refractivity contribution is 6.10. The first-order chi connectivity index (χ1) is 15.4. The maximum absolute atomic E-state index is 13.6. The van der Waals surface area contributed by atoms with Crippen LogP contribution in [0.15, 0.2) is 74.9 Å². The standard InChI is InChI=1S/C22H13F2N5O3/c23-14-7-15(24)9-17(8-14)27-21(29-20(30)13-3-1-2-12(6-13)11-25)26-16-4-5-18-19(10-16)32-22(31)28-18/h1-10H,(H,28,31)(H2,26,27,29,30). The molecule has 0 saturated carbocycles. The van der Waals surface area contributed by atoms with Gasteiger partial charge < -0.3 is 9.73 Å². The minimum absolute atomic E-state index is 0.00146. The predicted molar refractivity (Wildman–Crippen MR) is 113 cm³/mol. The van der Waals surface area contributed by atoms with Crippen LogP contribution in [0.5, 0.6) is 0 Å². The van der Waals surface area contributed by atoms with Gasteiger partial charge in [-0.3, -0.25) is 15.1 Å². The van der Waals surface area contributed by atoms with Crippen molar-refractivity contribution in [2.75, 3.05) is 5.32 Å². The van der Waals surface area contributed by atoms with Gasteiger partial charge in [0.1, 0.15) is 11.6 Å². The Balaban J connectivity index is 1.70. The lowest BCUT2D eigenvalue weighted by atomic mass is 10.1. The van der Waals surface area contributed by atoms with Gasteiger partial charge >= 0.3 is 5.76 Å². The maximum Gasteiger partial charge on any atom is 0.417 e. The van der Waals surface area contributed by atoms with E-state index in [-0.39, 0.29) is 34.0 Å². The van der Waals surface area contributed by atoms with Crippen LogP contribution < -0.4 is 16.4 Å². The van der Waals surface area contributed by atoms with Crippen molar-refractivity contribution in [1.29, 1.82) is 5.26 Å². The number of nitriles is 1. The van der Waals surface area contributed by atoms with E-state index in [0.29, 0.717) is 11.6 Å². The number of aliphatic imine (C=N–C) groups is 1. The first-order valence-corrected chi connectivity index (χ1v) is 9.16. The van der Waals surface area contributed by atoms with E-state index in [2.05, 4.69) is 20.6 Å². The van der Waals surface area contributed by atoms with Gasteiger partial charge in [0, 0.05) is 23.4 Å². The second kappa shape index (κ2) is 8.53. The summed E-state index contributed by atoms with van der Waals surface area (Å²) in [6.45, 7) is 0. The normalized spacial score (nSPS) is 11.2. The molecule has 3 aromatic carbocycles. The monoisotopic (exact) mass is 433 g/mol. The fraction of sp³-hybridized carbons (Fsp3) is 0. The number of guanidine groups is 1. The molecule has 0 spiro atoms. The summed E-state index contributed by atoms with van der Waals surface area (Å²) in [7, 11) is 0. The van der Waals surface area contributed by atoms with Crippen molar-refractivity contribution < 1.29 is 18.0 Å². The highest BCUT2D eigenvalue weighted by Gasteiger charge is 2.12. The van der Waals surface area contributed by atoms with Crippen LogP contribution in [0.1, 0.15) is 15.9 Å². The molecule has 8 nitrogen and oxygen atoms in total. The van der Waals surface area contributed by atoms with Crippen LogP contribution in [0.3, 0.4) is 0 Å². The Bertz CT molecular complexity index is 1450. The summed E-state index contributed by atoms with van der Waals surface area (Å²) in [5.74, 6) is -3.05. The maximum atomic E-state index is 13.6. The van der Waals surface area contributed by atoms with Gasteiger partial charge in [-0.15, -0.1) is 0 Å². The third-order valence-electron chi connectivity index (χ3n) is 4.26. The van der Waals surface area contributed by atoms with Gasteiger partial charge in [0.15, 0.2) is 5.58 Å². The van der Waals surface area contributed by atoms with Crippen LogP contribution in [0, 0.1) is 23.0 Å². The number of nitrogens with one attached hydrogen (secondary N) is 3. The largest absolute Gasteiger partial charge is 0.417 e. The van der Waals surface area contributed by atoms with Crippen molar-refractivity contribution in [2.45, 2.75) is 0 Å². The van der Waals surface area contributed by atoms with Crippen molar-refractivity contribution in [3.8, 4) is 6.07 Å². The number of halogens is 2. The number of amides is 1. The van der Waals surface area contributed by atoms with Crippen LogP contribution >= 0.6 is 0 Å². The Morgan fingerprint density at radius 2 is 1.84 bits per heavy atom. The summed E-state index contributed by atoms with van der Waals surface area (Å²) >= 11 is 0. The SMILES string of the molecule is N#Cc1cccc(C(=O)NC(=Nc2ccc3[nH]c(=O)oc3c2)Nc2cc(F)cc(F)c2)c1. The molecule has 0 saturated heterocycles. The van der Waals surface area contributed by atoms with Gasteiger partial charge in [0.05, 0.1) is 22.8 Å². The molecule has 4 aromatic rings. The van der Waals surface area contributed by atoms with Gasteiger partial charge in [0.2, 0.25) is 5.96 Å². The Kier molecular flexibility index (Phi) is 5.46. The molecule has 0 aliphatic rings. The number of aromatic amines is 1. The third-order valence-corrected chi connectivity index (χ3v) is 4.26. The minimum Gasteiger partial charge on any atom is -0.408 e. The number of H-pyrrole nitrogens is 1. The molecule has 0 aliphatic carbocycles. The van der Waals surface area contributed by atoms with Crippen LogP contribution in [0.25, 0.3) is 11.1 Å². The van der Waals surface area contributed by atoms with E-state index in [4.69, 9.17) is 9.68 Å². The van der Waals surface area contributed by atoms with E-state index in [1.165, 1.54) is 18.2 Å². The number of oxazole rings is 1. The average molecular weight is 433 g/mol. The Labute approximate surface area is 178 Å². The number of carbonyl (C=O) groups excluding carboxylic acids is 1. The van der Waals surface area contributed by atoms with Gasteiger partial charge in [-0.05, 0) is 42.5 Å². The summed E-state index contributed by atoms with van der Waals surface area (Å²) in [5.41, 5.74) is 1.43. The number of nitrogens with zero attached hydrogens (tertiary/aromatic N) is 2. The molecule has 0 unspecified atom stereocenters. The average Bonchev–Trinajstić information content (AvgIpc) is 3.12. The highest BCUT2D eigenvalue weighted by Crippen LogP contribution is 2.20. The lowest BCUT2D eigenvalue weighted by Gasteiger charge is -2.12. The third kappa shape index (κ3) is 4.68. The molecular formula is C22H13F2N5O3. The number of hydrogen-bond acceptors (Lipinski definition) is 5. The molecule has 3 N–H and O–H groups in total. The van der Waals surface area contributed by atoms with Crippen LogP contribution in [-0.4, -0.2) is 16.9 Å². The predicted octanol–water partition coefficient (Wildman–Crippen LogP) is 3.80. The summed E-state index contributed by atoms with van der Waals surface area (Å²) in [4.78, 5) is 30.8. The molecule has 1 aromatic heterocycles. The molecule has 0 aliphatic heterocycles. The molecule has 4 rings (SSSR count). The van der Waals surface area contributed by atoms with Crippen LogP contribution in [-0.2, 0) is 0 Å². The molecular weight excluding hydrogens is 420 g/mol. The summed E-state index contributed by atoms with van der Waals surface area (Å²) in [6, 6.07) is 15.2. The Morgan fingerprint density at radius 1 is 1.06 bits per heavy atom. The highest BCUT2D eigenvalue weighted by atomic mass is 19.1. The number of fused-ring (bicyclic) bond motifs is 1. The summed E-state index contributed by atoms with van der Waals surface area (Å²) < 4.78 is 32.2. The van der Waals surface area contributed by atoms with E-state index in [1.54, 1.807) is 24.3 Å². The number of carbonyl (C=O) groups is 1. The van der Waals surface area contributed by atoms with Crippen LogP contribution in [0.4, 0.5) is 20.2 Å². The van der Waals surface area contributed by atoms with Gasteiger partial charge in [-0.1, -0.05) is 6.07 Å². The minimum atomic E-state index is -0.824.